The summed E-state index contributed by atoms with van der Waals surface area (Å²) in [4.78, 5) is 13.7. The monoisotopic (exact) mass is 334 g/mol. The first-order valence-electron chi connectivity index (χ1n) is 8.74. The molecule has 1 fully saturated rings. The van der Waals surface area contributed by atoms with Crippen LogP contribution in [0, 0.1) is 5.92 Å². The van der Waals surface area contributed by atoms with Crippen molar-refractivity contribution in [2.24, 2.45) is 11.7 Å². The number of fused-ring (bicyclic) bond motifs is 1. The molecule has 4 rings (SSSR count). The summed E-state index contributed by atoms with van der Waals surface area (Å²) in [6, 6.07) is 14.7. The largest absolute Gasteiger partial charge is 0.369 e. The van der Waals surface area contributed by atoms with Crippen molar-refractivity contribution in [3.63, 3.8) is 0 Å². The predicted octanol–water partition coefficient (Wildman–Crippen LogP) is 2.93. The highest BCUT2D eigenvalue weighted by atomic mass is 16.1. The Hall–Kier alpha value is -2.66. The first-order valence-corrected chi connectivity index (χ1v) is 8.74. The molecule has 2 heterocycles. The number of piperidine rings is 1. The lowest BCUT2D eigenvalue weighted by molar-refractivity contribution is -0.123. The number of H-pyrrole nitrogens is 1. The van der Waals surface area contributed by atoms with Gasteiger partial charge < -0.3 is 5.73 Å². The molecule has 5 nitrogen and oxygen atoms in total. The van der Waals surface area contributed by atoms with E-state index in [-0.39, 0.29) is 11.8 Å². The number of carbonyl (C=O) groups is 1. The molecular formula is C20H22N4O. The van der Waals surface area contributed by atoms with Crippen LogP contribution in [-0.4, -0.2) is 34.1 Å². The number of aromatic nitrogens is 2. The number of primary amides is 1. The van der Waals surface area contributed by atoms with Gasteiger partial charge in [-0.3, -0.25) is 14.8 Å². The van der Waals surface area contributed by atoms with Crippen LogP contribution >= 0.6 is 0 Å². The average molecular weight is 334 g/mol. The fourth-order valence-electron chi connectivity index (χ4n) is 3.72. The molecule has 5 heteroatoms. The Balaban J connectivity index is 1.58. The highest BCUT2D eigenvalue weighted by Crippen LogP contribution is 2.30. The summed E-state index contributed by atoms with van der Waals surface area (Å²) in [5, 5.41) is 9.92. The topological polar surface area (TPSA) is 75.0 Å². The van der Waals surface area contributed by atoms with Crippen LogP contribution in [0.3, 0.4) is 0 Å². The lowest BCUT2D eigenvalue weighted by atomic mass is 9.95. The summed E-state index contributed by atoms with van der Waals surface area (Å²) in [5.41, 5.74) is 8.87. The molecule has 2 aromatic carbocycles. The minimum absolute atomic E-state index is 0.0261. The molecule has 1 aromatic heterocycles. The Morgan fingerprint density at radius 2 is 1.92 bits per heavy atom. The maximum Gasteiger partial charge on any atom is 0.220 e. The molecule has 128 valence electrons. The second-order valence-electron chi connectivity index (χ2n) is 6.75. The number of nitrogens with two attached hydrogens (primary N) is 1. The SMILES string of the molecule is NC(=O)C1CCN(Cc2cn[nH]c2-c2cccc3ccccc23)CC1. The van der Waals surface area contributed by atoms with Gasteiger partial charge in [-0.05, 0) is 36.7 Å². The number of amides is 1. The molecule has 0 unspecified atom stereocenters. The van der Waals surface area contributed by atoms with Crippen molar-refractivity contribution in [3.8, 4) is 11.3 Å². The second kappa shape index (κ2) is 6.69. The van der Waals surface area contributed by atoms with Gasteiger partial charge in [-0.25, -0.2) is 0 Å². The van der Waals surface area contributed by atoms with Crippen molar-refractivity contribution in [2.45, 2.75) is 19.4 Å². The highest BCUT2D eigenvalue weighted by molar-refractivity contribution is 5.96. The standard InChI is InChI=1S/C20H22N4O/c21-20(25)15-8-10-24(11-9-15)13-16-12-22-23-19(16)18-7-3-5-14-4-1-2-6-17(14)18/h1-7,12,15H,8-11,13H2,(H2,21,25)(H,22,23). The zero-order valence-electron chi connectivity index (χ0n) is 14.1. The van der Waals surface area contributed by atoms with Gasteiger partial charge in [0.2, 0.25) is 5.91 Å². The van der Waals surface area contributed by atoms with E-state index in [1.807, 2.05) is 6.20 Å². The minimum Gasteiger partial charge on any atom is -0.369 e. The lowest BCUT2D eigenvalue weighted by Crippen LogP contribution is -2.38. The Labute approximate surface area is 146 Å². The molecule has 0 aliphatic carbocycles. The maximum atomic E-state index is 11.3. The van der Waals surface area contributed by atoms with E-state index in [1.54, 1.807) is 0 Å². The number of nitrogens with one attached hydrogen (secondary N) is 1. The quantitative estimate of drug-likeness (QED) is 0.770. The van der Waals surface area contributed by atoms with Gasteiger partial charge in [0.15, 0.2) is 0 Å². The van der Waals surface area contributed by atoms with Crippen molar-refractivity contribution in [1.82, 2.24) is 15.1 Å². The summed E-state index contributed by atoms with van der Waals surface area (Å²) in [6.45, 7) is 2.63. The number of aromatic amines is 1. The molecule has 0 saturated carbocycles. The molecule has 1 amide bonds. The van der Waals surface area contributed by atoms with Crippen LogP contribution in [0.15, 0.2) is 48.7 Å². The van der Waals surface area contributed by atoms with Gasteiger partial charge in [-0.15, -0.1) is 0 Å². The van der Waals surface area contributed by atoms with Crippen molar-refractivity contribution in [2.75, 3.05) is 13.1 Å². The Morgan fingerprint density at radius 3 is 2.72 bits per heavy atom. The second-order valence-corrected chi connectivity index (χ2v) is 6.75. The third-order valence-corrected chi connectivity index (χ3v) is 5.16. The fraction of sp³-hybridized carbons (Fsp3) is 0.300. The maximum absolute atomic E-state index is 11.3. The summed E-state index contributed by atoms with van der Waals surface area (Å²) in [7, 11) is 0. The highest BCUT2D eigenvalue weighted by Gasteiger charge is 2.24. The molecular weight excluding hydrogens is 312 g/mol. The van der Waals surface area contributed by atoms with Gasteiger partial charge in [-0.1, -0.05) is 42.5 Å². The van der Waals surface area contributed by atoms with Crippen LogP contribution in [0.2, 0.25) is 0 Å². The van der Waals surface area contributed by atoms with Gasteiger partial charge in [0.25, 0.3) is 0 Å². The molecule has 1 aliphatic rings. The Kier molecular flexibility index (Phi) is 4.24. The summed E-state index contributed by atoms with van der Waals surface area (Å²) >= 11 is 0. The molecule has 25 heavy (non-hydrogen) atoms. The number of rotatable bonds is 4. The predicted molar refractivity (Wildman–Crippen MR) is 98.7 cm³/mol. The van der Waals surface area contributed by atoms with Gasteiger partial charge in [-0.2, -0.15) is 5.10 Å². The van der Waals surface area contributed by atoms with Gasteiger partial charge in [0, 0.05) is 23.6 Å². The van der Waals surface area contributed by atoms with E-state index in [1.165, 1.54) is 21.9 Å². The molecule has 0 radical (unpaired) electrons. The molecule has 3 N–H and O–H groups in total. The van der Waals surface area contributed by atoms with Gasteiger partial charge in [0.05, 0.1) is 11.9 Å². The first-order chi connectivity index (χ1) is 12.2. The third-order valence-electron chi connectivity index (χ3n) is 5.16. The number of hydrogen-bond acceptors (Lipinski definition) is 3. The van der Waals surface area contributed by atoms with Crippen molar-refractivity contribution >= 4 is 16.7 Å². The van der Waals surface area contributed by atoms with E-state index in [0.29, 0.717) is 0 Å². The number of likely N-dealkylation sites (tertiary alicyclic amines) is 1. The van der Waals surface area contributed by atoms with Crippen LogP contribution in [0.4, 0.5) is 0 Å². The van der Waals surface area contributed by atoms with E-state index in [9.17, 15) is 4.79 Å². The van der Waals surface area contributed by atoms with E-state index in [4.69, 9.17) is 5.73 Å². The zero-order chi connectivity index (χ0) is 17.2. The van der Waals surface area contributed by atoms with Gasteiger partial charge >= 0.3 is 0 Å². The zero-order valence-corrected chi connectivity index (χ0v) is 14.1. The summed E-state index contributed by atoms with van der Waals surface area (Å²) in [6.07, 6.45) is 3.60. The molecule has 1 saturated heterocycles. The van der Waals surface area contributed by atoms with E-state index in [0.717, 1.165) is 38.2 Å². The van der Waals surface area contributed by atoms with Crippen LogP contribution in [0.5, 0.6) is 0 Å². The molecule has 0 spiro atoms. The van der Waals surface area contributed by atoms with Crippen LogP contribution < -0.4 is 5.73 Å². The Bertz CT molecular complexity index is 888. The van der Waals surface area contributed by atoms with Gasteiger partial charge in [0.1, 0.15) is 0 Å². The molecule has 0 bridgehead atoms. The molecule has 1 aliphatic heterocycles. The molecule has 0 atom stereocenters. The normalized spacial score (nSPS) is 16.3. The third kappa shape index (κ3) is 3.15. The molecule has 3 aromatic rings. The van der Waals surface area contributed by atoms with Crippen molar-refractivity contribution in [3.05, 3.63) is 54.2 Å². The number of nitrogens with zero attached hydrogens (tertiary/aromatic N) is 2. The number of benzene rings is 2. The summed E-state index contributed by atoms with van der Waals surface area (Å²) in [5.74, 6) is -0.141. The van der Waals surface area contributed by atoms with Crippen molar-refractivity contribution < 1.29 is 4.79 Å². The lowest BCUT2D eigenvalue weighted by Gasteiger charge is -2.30. The van der Waals surface area contributed by atoms with Crippen LogP contribution in [0.25, 0.3) is 22.0 Å². The van der Waals surface area contributed by atoms with E-state index in [2.05, 4.69) is 57.6 Å². The first kappa shape index (κ1) is 15.8. The Morgan fingerprint density at radius 1 is 1.16 bits per heavy atom. The van der Waals surface area contributed by atoms with Crippen LogP contribution in [-0.2, 0) is 11.3 Å². The van der Waals surface area contributed by atoms with Crippen LogP contribution in [0.1, 0.15) is 18.4 Å². The summed E-state index contributed by atoms with van der Waals surface area (Å²) < 4.78 is 0. The number of hydrogen-bond donors (Lipinski definition) is 2. The average Bonchev–Trinajstić information content (AvgIpc) is 3.09. The van der Waals surface area contributed by atoms with E-state index < -0.39 is 0 Å². The van der Waals surface area contributed by atoms with E-state index >= 15 is 0 Å². The van der Waals surface area contributed by atoms with Crippen molar-refractivity contribution in [1.29, 1.82) is 0 Å². The minimum atomic E-state index is -0.167. The smallest absolute Gasteiger partial charge is 0.220 e. The number of carbonyl (C=O) groups excluding carboxylic acids is 1. The fourth-order valence-corrected chi connectivity index (χ4v) is 3.72.